The first kappa shape index (κ1) is 29.5. The summed E-state index contributed by atoms with van der Waals surface area (Å²) in [7, 11) is 0. The van der Waals surface area contributed by atoms with Gasteiger partial charge in [0, 0.05) is 27.5 Å². The molecule has 11 rings (SSSR count). The average molecular weight is 676 g/mol. The third kappa shape index (κ3) is 4.95. The minimum Gasteiger partial charge on any atom is -0.456 e. The largest absolute Gasteiger partial charge is 0.456 e. The fourth-order valence-corrected chi connectivity index (χ4v) is 7.82. The molecule has 2 heterocycles. The standard InChI is InChI=1S/C49H29N3O/c1-2-9-30(10-3-1)40-15-8-12-33-25-36(21-23-41(33)40)48-50-47(35-20-18-32-29-46-44(28-38(32)27-35)43-14-6-7-16-45(43)53-46)51-49(52-48)37-22-24-42-34(26-37)19-17-31-11-4-5-13-39(31)42/h1-29H. The minimum absolute atomic E-state index is 0.626. The van der Waals surface area contributed by atoms with Gasteiger partial charge in [0.05, 0.1) is 0 Å². The molecule has 0 fully saturated rings. The number of furan rings is 1. The first-order chi connectivity index (χ1) is 26.2. The molecule has 0 saturated carbocycles. The summed E-state index contributed by atoms with van der Waals surface area (Å²) >= 11 is 0. The predicted molar refractivity (Wildman–Crippen MR) is 219 cm³/mol. The van der Waals surface area contributed by atoms with Crippen molar-refractivity contribution in [1.82, 2.24) is 15.0 Å². The lowest BCUT2D eigenvalue weighted by Gasteiger charge is -2.12. The van der Waals surface area contributed by atoms with Crippen molar-refractivity contribution in [2.24, 2.45) is 0 Å². The van der Waals surface area contributed by atoms with Crippen molar-refractivity contribution < 1.29 is 4.42 Å². The Hall–Kier alpha value is -7.17. The third-order valence-electron chi connectivity index (χ3n) is 10.5. The van der Waals surface area contributed by atoms with Gasteiger partial charge in [0.25, 0.3) is 0 Å². The van der Waals surface area contributed by atoms with Crippen molar-refractivity contribution in [3.63, 3.8) is 0 Å². The van der Waals surface area contributed by atoms with E-state index < -0.39 is 0 Å². The van der Waals surface area contributed by atoms with E-state index in [9.17, 15) is 0 Å². The van der Waals surface area contributed by atoms with Gasteiger partial charge in [0.15, 0.2) is 17.5 Å². The van der Waals surface area contributed by atoms with Gasteiger partial charge in [-0.05, 0) is 90.6 Å². The highest BCUT2D eigenvalue weighted by Crippen LogP contribution is 2.36. The number of nitrogens with zero attached hydrogens (tertiary/aromatic N) is 3. The van der Waals surface area contributed by atoms with E-state index in [1.165, 1.54) is 32.7 Å². The van der Waals surface area contributed by atoms with Gasteiger partial charge in [-0.1, -0.05) is 140 Å². The summed E-state index contributed by atoms with van der Waals surface area (Å²) in [4.78, 5) is 15.5. The van der Waals surface area contributed by atoms with Crippen LogP contribution >= 0.6 is 0 Å². The fourth-order valence-electron chi connectivity index (χ4n) is 7.82. The van der Waals surface area contributed by atoms with Gasteiger partial charge in [-0.25, -0.2) is 15.0 Å². The number of benzene rings is 9. The second-order valence-corrected chi connectivity index (χ2v) is 13.6. The zero-order valence-corrected chi connectivity index (χ0v) is 28.5. The molecule has 2 aromatic heterocycles. The summed E-state index contributed by atoms with van der Waals surface area (Å²) in [5.41, 5.74) is 6.96. The van der Waals surface area contributed by atoms with Gasteiger partial charge in [-0.3, -0.25) is 0 Å². The summed E-state index contributed by atoms with van der Waals surface area (Å²) < 4.78 is 6.19. The number of fused-ring (bicyclic) bond motifs is 8. The second-order valence-electron chi connectivity index (χ2n) is 13.6. The van der Waals surface area contributed by atoms with E-state index in [2.05, 4.69) is 164 Å². The molecular weight excluding hydrogens is 647 g/mol. The first-order valence-corrected chi connectivity index (χ1v) is 17.8. The normalized spacial score (nSPS) is 11.8. The van der Waals surface area contributed by atoms with Crippen LogP contribution in [0.1, 0.15) is 0 Å². The van der Waals surface area contributed by atoms with Crippen LogP contribution in [0.2, 0.25) is 0 Å². The lowest BCUT2D eigenvalue weighted by Crippen LogP contribution is -2.00. The maximum atomic E-state index is 6.19. The second kappa shape index (κ2) is 11.7. The molecule has 11 aromatic rings. The van der Waals surface area contributed by atoms with E-state index in [1.807, 2.05) is 12.1 Å². The highest BCUT2D eigenvalue weighted by molar-refractivity contribution is 6.11. The van der Waals surface area contributed by atoms with Gasteiger partial charge < -0.3 is 4.42 Å². The summed E-state index contributed by atoms with van der Waals surface area (Å²) in [5.74, 6) is 1.89. The maximum absolute atomic E-state index is 6.19. The lowest BCUT2D eigenvalue weighted by molar-refractivity contribution is 0.669. The molecule has 0 aliphatic heterocycles. The summed E-state index contributed by atoms with van der Waals surface area (Å²) in [6.45, 7) is 0. The molecule has 4 nitrogen and oxygen atoms in total. The minimum atomic E-state index is 0.626. The number of rotatable bonds is 4. The molecule has 0 amide bonds. The van der Waals surface area contributed by atoms with Crippen molar-refractivity contribution in [2.45, 2.75) is 0 Å². The molecule has 0 aliphatic rings. The van der Waals surface area contributed by atoms with Crippen molar-refractivity contribution >= 4 is 65.0 Å². The van der Waals surface area contributed by atoms with Gasteiger partial charge in [-0.15, -0.1) is 0 Å². The van der Waals surface area contributed by atoms with Crippen LogP contribution in [0.25, 0.3) is 110 Å². The van der Waals surface area contributed by atoms with E-state index in [1.54, 1.807) is 0 Å². The van der Waals surface area contributed by atoms with Gasteiger partial charge in [0.1, 0.15) is 11.2 Å². The molecule has 0 spiro atoms. The van der Waals surface area contributed by atoms with Crippen LogP contribution in [0.5, 0.6) is 0 Å². The molecule has 0 radical (unpaired) electrons. The fraction of sp³-hybridized carbons (Fsp3) is 0. The van der Waals surface area contributed by atoms with E-state index in [-0.39, 0.29) is 0 Å². The first-order valence-electron chi connectivity index (χ1n) is 17.8. The van der Waals surface area contributed by atoms with E-state index in [0.717, 1.165) is 60.2 Å². The van der Waals surface area contributed by atoms with Crippen LogP contribution in [0, 0.1) is 0 Å². The lowest BCUT2D eigenvalue weighted by atomic mass is 9.97. The molecule has 0 unspecified atom stereocenters. The van der Waals surface area contributed by atoms with Gasteiger partial charge >= 0.3 is 0 Å². The molecule has 53 heavy (non-hydrogen) atoms. The van der Waals surface area contributed by atoms with E-state index >= 15 is 0 Å². The Morgan fingerprint density at radius 3 is 1.64 bits per heavy atom. The monoisotopic (exact) mass is 675 g/mol. The molecule has 4 heteroatoms. The van der Waals surface area contributed by atoms with Crippen LogP contribution < -0.4 is 0 Å². The van der Waals surface area contributed by atoms with E-state index in [4.69, 9.17) is 19.4 Å². The Bertz CT molecular complexity index is 3240. The molecule has 0 saturated heterocycles. The number of hydrogen-bond donors (Lipinski definition) is 0. The molecule has 0 bridgehead atoms. The molecule has 246 valence electrons. The van der Waals surface area contributed by atoms with Crippen LogP contribution in [0.15, 0.2) is 180 Å². The van der Waals surface area contributed by atoms with Gasteiger partial charge in [-0.2, -0.15) is 0 Å². The highest BCUT2D eigenvalue weighted by atomic mass is 16.3. The zero-order valence-electron chi connectivity index (χ0n) is 28.5. The van der Waals surface area contributed by atoms with Crippen molar-refractivity contribution in [1.29, 1.82) is 0 Å². The highest BCUT2D eigenvalue weighted by Gasteiger charge is 2.16. The van der Waals surface area contributed by atoms with Crippen molar-refractivity contribution in [2.75, 3.05) is 0 Å². The van der Waals surface area contributed by atoms with Crippen molar-refractivity contribution in [3.05, 3.63) is 176 Å². The number of aromatic nitrogens is 3. The van der Waals surface area contributed by atoms with Crippen molar-refractivity contribution in [3.8, 4) is 45.3 Å². The summed E-state index contributed by atoms with van der Waals surface area (Å²) in [5, 5.41) is 11.5. The topological polar surface area (TPSA) is 51.8 Å². The van der Waals surface area contributed by atoms with Crippen LogP contribution in [-0.4, -0.2) is 15.0 Å². The quantitative estimate of drug-likeness (QED) is 0.174. The number of hydrogen-bond acceptors (Lipinski definition) is 4. The Morgan fingerprint density at radius 2 is 0.849 bits per heavy atom. The predicted octanol–water partition coefficient (Wildman–Crippen LogP) is 13.1. The Labute approximate surface area is 304 Å². The smallest absolute Gasteiger partial charge is 0.164 e. The summed E-state index contributed by atoms with van der Waals surface area (Å²) in [6.07, 6.45) is 0. The molecule has 0 N–H and O–H groups in total. The SMILES string of the molecule is c1ccc(-c2cccc3cc(-c4nc(-c5ccc6cc7oc8ccccc8c7cc6c5)nc(-c5ccc6c(ccc7ccccc76)c5)n4)ccc23)cc1. The Morgan fingerprint density at radius 1 is 0.283 bits per heavy atom. The molecule has 0 aliphatic carbocycles. The summed E-state index contributed by atoms with van der Waals surface area (Å²) in [6, 6.07) is 61.8. The third-order valence-corrected chi connectivity index (χ3v) is 10.5. The van der Waals surface area contributed by atoms with Crippen LogP contribution in [-0.2, 0) is 0 Å². The Kier molecular flexibility index (Phi) is 6.52. The van der Waals surface area contributed by atoms with E-state index in [0.29, 0.717) is 17.5 Å². The molecular formula is C49H29N3O. The maximum Gasteiger partial charge on any atom is 0.164 e. The molecule has 0 atom stereocenters. The average Bonchev–Trinajstić information content (AvgIpc) is 3.59. The molecule has 9 aromatic carbocycles. The zero-order chi connectivity index (χ0) is 34.9. The Balaban J connectivity index is 1.10. The van der Waals surface area contributed by atoms with Crippen LogP contribution in [0.4, 0.5) is 0 Å². The van der Waals surface area contributed by atoms with Gasteiger partial charge in [0.2, 0.25) is 0 Å². The number of para-hydroxylation sites is 1. The van der Waals surface area contributed by atoms with Crippen LogP contribution in [0.3, 0.4) is 0 Å².